The normalized spacial score (nSPS) is 22.7. The molecule has 8 heteroatoms. The lowest BCUT2D eigenvalue weighted by Gasteiger charge is -2.28. The summed E-state index contributed by atoms with van der Waals surface area (Å²) in [5.41, 5.74) is 1.30. The quantitative estimate of drug-likeness (QED) is 0.783. The van der Waals surface area contributed by atoms with Crippen molar-refractivity contribution in [2.24, 2.45) is 0 Å². The number of nitrogens with zero attached hydrogens (tertiary/aromatic N) is 5. The van der Waals surface area contributed by atoms with Crippen molar-refractivity contribution in [3.63, 3.8) is 0 Å². The molecule has 2 aliphatic rings. The number of hydrogen-bond donors (Lipinski definition) is 0. The number of ether oxygens (including phenoxy) is 2. The van der Waals surface area contributed by atoms with E-state index in [1.807, 2.05) is 4.57 Å². The number of imidazole rings is 1. The van der Waals surface area contributed by atoms with Crippen LogP contribution < -0.4 is 4.90 Å². The predicted octanol–water partition coefficient (Wildman–Crippen LogP) is 2.07. The Kier molecular flexibility index (Phi) is 4.09. The second-order valence-corrected chi connectivity index (χ2v) is 6.09. The van der Waals surface area contributed by atoms with Crippen molar-refractivity contribution < 1.29 is 9.47 Å². The molecular weight excluding hydrogens is 318 g/mol. The summed E-state index contributed by atoms with van der Waals surface area (Å²) < 4.78 is 13.1. The van der Waals surface area contributed by atoms with Crippen LogP contribution in [0.1, 0.15) is 31.3 Å². The Labute approximate surface area is 139 Å². The number of hydrogen-bond acceptors (Lipinski definition) is 6. The second kappa shape index (κ2) is 6.22. The molecule has 0 N–H and O–H groups in total. The molecule has 7 nitrogen and oxygen atoms in total. The third-order valence-corrected chi connectivity index (χ3v) is 4.44. The first kappa shape index (κ1) is 15.1. The van der Waals surface area contributed by atoms with Gasteiger partial charge in [-0.3, -0.25) is 4.57 Å². The van der Waals surface area contributed by atoms with Gasteiger partial charge in [-0.1, -0.05) is 0 Å². The van der Waals surface area contributed by atoms with Gasteiger partial charge in [0.1, 0.15) is 12.1 Å². The van der Waals surface area contributed by atoms with Gasteiger partial charge < -0.3 is 14.4 Å². The van der Waals surface area contributed by atoms with Crippen LogP contribution in [0, 0.1) is 6.92 Å². The van der Waals surface area contributed by atoms with Crippen molar-refractivity contribution in [1.82, 2.24) is 19.5 Å². The zero-order valence-electron chi connectivity index (χ0n) is 12.7. The smallest absolute Gasteiger partial charge is 0.226 e. The molecule has 0 bridgehead atoms. The maximum atomic E-state index is 6.16. The van der Waals surface area contributed by atoms with Crippen LogP contribution in [-0.2, 0) is 9.47 Å². The van der Waals surface area contributed by atoms with Crippen LogP contribution in [0.25, 0.3) is 11.2 Å². The molecule has 2 radical (unpaired) electrons. The van der Waals surface area contributed by atoms with E-state index >= 15 is 0 Å². The minimum absolute atomic E-state index is 0.141. The highest BCUT2D eigenvalue weighted by Crippen LogP contribution is 2.31. The minimum atomic E-state index is -0.141. The van der Waals surface area contributed by atoms with E-state index in [4.69, 9.17) is 28.0 Å². The Hall–Kier alpha value is -1.44. The molecule has 0 amide bonds. The monoisotopic (exact) mass is 335 g/mol. The van der Waals surface area contributed by atoms with Crippen LogP contribution in [0.15, 0.2) is 0 Å². The fourth-order valence-electron chi connectivity index (χ4n) is 3.16. The molecule has 0 saturated carbocycles. The van der Waals surface area contributed by atoms with Gasteiger partial charge in [0.15, 0.2) is 17.0 Å². The summed E-state index contributed by atoms with van der Waals surface area (Å²) in [6.07, 6.45) is 2.92. The molecule has 0 aromatic carbocycles. The molecule has 2 aliphatic heterocycles. The predicted molar refractivity (Wildman–Crippen MR) is 85.6 cm³/mol. The Bertz CT molecular complexity index is 707. The van der Waals surface area contributed by atoms with Gasteiger partial charge in [0, 0.05) is 26.6 Å². The molecule has 2 aromatic heterocycles. The van der Waals surface area contributed by atoms with Crippen molar-refractivity contribution in [3.8, 4) is 0 Å². The average molecular weight is 336 g/mol. The number of halogens is 1. The first-order valence-corrected chi connectivity index (χ1v) is 8.27. The standard InChI is InChI=1S/C15H18ClN5O2/c1-10-17-12-13(20-5-8-22-9-6-20)18-15(16)19-14(12)21(10)11-4-2-3-7-23-11/h1,11H,2-9H2. The molecule has 0 spiro atoms. The summed E-state index contributed by atoms with van der Waals surface area (Å²) in [7, 11) is 0. The number of morpholine rings is 1. The van der Waals surface area contributed by atoms with Crippen molar-refractivity contribution >= 4 is 28.6 Å². The van der Waals surface area contributed by atoms with Gasteiger partial charge in [0.25, 0.3) is 0 Å². The van der Waals surface area contributed by atoms with E-state index in [0.717, 1.165) is 39.0 Å². The molecule has 2 aromatic rings. The molecule has 1 unspecified atom stereocenters. The Balaban J connectivity index is 1.82. The van der Waals surface area contributed by atoms with Crippen molar-refractivity contribution in [1.29, 1.82) is 0 Å². The maximum absolute atomic E-state index is 6.16. The van der Waals surface area contributed by atoms with Gasteiger partial charge in [0.2, 0.25) is 5.28 Å². The van der Waals surface area contributed by atoms with Crippen LogP contribution in [-0.4, -0.2) is 52.4 Å². The summed E-state index contributed by atoms with van der Waals surface area (Å²) >= 11 is 6.16. The number of fused-ring (bicyclic) bond motifs is 1. The fraction of sp³-hybridized carbons (Fsp3) is 0.600. The lowest BCUT2D eigenvalue weighted by molar-refractivity contribution is -0.0304. The molecule has 4 rings (SSSR count). The van der Waals surface area contributed by atoms with Crippen LogP contribution >= 0.6 is 11.6 Å². The highest BCUT2D eigenvalue weighted by Gasteiger charge is 2.26. The van der Waals surface area contributed by atoms with Crippen LogP contribution in [0.2, 0.25) is 5.28 Å². The summed E-state index contributed by atoms with van der Waals surface area (Å²) in [5, 5.41) is 0.191. The van der Waals surface area contributed by atoms with E-state index in [1.54, 1.807) is 0 Å². The zero-order chi connectivity index (χ0) is 15.8. The first-order valence-electron chi connectivity index (χ1n) is 7.89. The topological polar surface area (TPSA) is 65.3 Å². The molecule has 2 saturated heterocycles. The fourth-order valence-corrected chi connectivity index (χ4v) is 3.32. The summed E-state index contributed by atoms with van der Waals surface area (Å²) in [5.74, 6) is 1.10. The highest BCUT2D eigenvalue weighted by atomic mass is 35.5. The van der Waals surface area contributed by atoms with Gasteiger partial charge in [-0.25, -0.2) is 4.98 Å². The van der Waals surface area contributed by atoms with Crippen molar-refractivity contribution in [2.75, 3.05) is 37.8 Å². The largest absolute Gasteiger partial charge is 0.378 e. The second-order valence-electron chi connectivity index (χ2n) is 5.75. The number of aromatic nitrogens is 4. The summed E-state index contributed by atoms with van der Waals surface area (Å²) in [6.45, 7) is 9.68. The molecule has 23 heavy (non-hydrogen) atoms. The number of rotatable bonds is 2. The summed E-state index contributed by atoms with van der Waals surface area (Å²) in [6, 6.07) is 0. The van der Waals surface area contributed by atoms with E-state index < -0.39 is 0 Å². The average Bonchev–Trinajstić information content (AvgIpc) is 2.91. The number of anilines is 1. The van der Waals surface area contributed by atoms with Gasteiger partial charge in [0.05, 0.1) is 13.2 Å². The molecule has 4 heterocycles. The van der Waals surface area contributed by atoms with Crippen LogP contribution in [0.3, 0.4) is 0 Å². The molecular formula is C15H18ClN5O2. The maximum Gasteiger partial charge on any atom is 0.226 e. The van der Waals surface area contributed by atoms with E-state index in [0.29, 0.717) is 36.0 Å². The van der Waals surface area contributed by atoms with E-state index in [-0.39, 0.29) is 11.5 Å². The lowest BCUT2D eigenvalue weighted by atomic mass is 10.2. The van der Waals surface area contributed by atoms with Crippen LogP contribution in [0.5, 0.6) is 0 Å². The lowest BCUT2D eigenvalue weighted by Crippen LogP contribution is -2.37. The van der Waals surface area contributed by atoms with Gasteiger partial charge in [-0.15, -0.1) is 0 Å². The SMILES string of the molecule is [CH]c1nc2c(N3CCOCC3)nc(Cl)nc2n1C1CCCCO1. The molecule has 1 atom stereocenters. The van der Waals surface area contributed by atoms with Crippen LogP contribution in [0.4, 0.5) is 5.82 Å². The minimum Gasteiger partial charge on any atom is -0.378 e. The Morgan fingerprint density at radius 2 is 1.91 bits per heavy atom. The summed E-state index contributed by atoms with van der Waals surface area (Å²) in [4.78, 5) is 15.3. The Morgan fingerprint density at radius 3 is 2.65 bits per heavy atom. The molecule has 122 valence electrons. The van der Waals surface area contributed by atoms with Gasteiger partial charge >= 0.3 is 0 Å². The van der Waals surface area contributed by atoms with Gasteiger partial charge in [-0.05, 0) is 30.9 Å². The third-order valence-electron chi connectivity index (χ3n) is 4.28. The highest BCUT2D eigenvalue weighted by molar-refractivity contribution is 6.28. The van der Waals surface area contributed by atoms with Crippen molar-refractivity contribution in [3.05, 3.63) is 18.0 Å². The Morgan fingerprint density at radius 1 is 1.09 bits per heavy atom. The zero-order valence-corrected chi connectivity index (χ0v) is 13.5. The molecule has 2 fully saturated rings. The van der Waals surface area contributed by atoms with E-state index in [9.17, 15) is 0 Å². The first-order chi connectivity index (χ1) is 11.2. The molecule has 0 aliphatic carbocycles. The van der Waals surface area contributed by atoms with E-state index in [2.05, 4.69) is 19.9 Å². The van der Waals surface area contributed by atoms with Gasteiger partial charge in [-0.2, -0.15) is 9.97 Å². The van der Waals surface area contributed by atoms with E-state index in [1.165, 1.54) is 0 Å². The van der Waals surface area contributed by atoms with Crippen molar-refractivity contribution in [2.45, 2.75) is 25.5 Å². The third kappa shape index (κ3) is 2.77.